The average molecular weight is 720 g/mol. The van der Waals surface area contributed by atoms with Gasteiger partial charge >= 0.3 is 17.9 Å². The lowest BCUT2D eigenvalue weighted by Crippen LogP contribution is -2.49. The fourth-order valence-electron chi connectivity index (χ4n) is 9.18. The van der Waals surface area contributed by atoms with Gasteiger partial charge in [0.15, 0.2) is 20.3 Å². The zero-order valence-corrected chi connectivity index (χ0v) is 31.3. The van der Waals surface area contributed by atoms with Crippen molar-refractivity contribution >= 4 is 22.8 Å². The molecular formula is C43H53F2O5S+. The third kappa shape index (κ3) is 8.98. The van der Waals surface area contributed by atoms with Crippen LogP contribution in [-0.4, -0.2) is 35.7 Å². The van der Waals surface area contributed by atoms with E-state index in [1.807, 2.05) is 24.3 Å². The van der Waals surface area contributed by atoms with Crippen LogP contribution in [0.2, 0.25) is 0 Å². The number of esters is 2. The first kappa shape index (κ1) is 37.4. The van der Waals surface area contributed by atoms with Crippen LogP contribution in [0.3, 0.4) is 0 Å². The maximum Gasteiger partial charge on any atom is 0.376 e. The lowest BCUT2D eigenvalue weighted by Gasteiger charge is -2.56. The SMILES string of the molecule is CC(F)(F)C(=O)OCC12CC3CC(CC(C3)C1)C2.CCC1(OC(=O)C(C)(C)Oc2ccc([S+](c3ccccc3)c3ccccc3)cc2)CCCC1. The molecule has 0 saturated heterocycles. The van der Waals surface area contributed by atoms with Crippen LogP contribution >= 0.6 is 0 Å². The number of halogens is 2. The van der Waals surface area contributed by atoms with E-state index in [1.54, 1.807) is 13.8 Å². The molecule has 0 unspecified atom stereocenters. The quantitative estimate of drug-likeness (QED) is 0.146. The number of carbonyl (C=O) groups excluding carboxylic acids is 2. The van der Waals surface area contributed by atoms with Gasteiger partial charge in [-0.1, -0.05) is 43.3 Å². The van der Waals surface area contributed by atoms with Crippen molar-refractivity contribution in [3.63, 3.8) is 0 Å². The molecule has 0 heterocycles. The van der Waals surface area contributed by atoms with Gasteiger partial charge in [-0.05, 0) is 151 Å². The molecular weight excluding hydrogens is 667 g/mol. The minimum atomic E-state index is -3.36. The van der Waals surface area contributed by atoms with Crippen LogP contribution in [-0.2, 0) is 30.0 Å². The molecule has 0 atom stereocenters. The van der Waals surface area contributed by atoms with Crippen LogP contribution < -0.4 is 4.74 Å². The van der Waals surface area contributed by atoms with Crippen molar-refractivity contribution in [2.45, 2.75) is 130 Å². The summed E-state index contributed by atoms with van der Waals surface area (Å²) in [7, 11) is -0.212. The monoisotopic (exact) mass is 719 g/mol. The second kappa shape index (κ2) is 15.3. The summed E-state index contributed by atoms with van der Waals surface area (Å²) in [6, 6.07) is 29.2. The standard InChI is InChI=1S/C29H33O3S.C14H20F2O2/c1-4-29(21-11-12-22-29)32-27(30)28(2,3)31-23-17-19-26(20-18-23)33(24-13-7-5-8-14-24)25-15-9-6-10-16-25;1-13(15,16)12(17)18-8-14-5-9-2-10(6-14)4-11(3-9)7-14/h5-10,13-20H,4,11-12,21-22H2,1-3H3;9-11H,2-8H2,1H3/q+1;. The van der Waals surface area contributed by atoms with E-state index in [9.17, 15) is 18.4 Å². The van der Waals surface area contributed by atoms with E-state index in [4.69, 9.17) is 14.2 Å². The molecule has 4 bridgehead atoms. The van der Waals surface area contributed by atoms with Crippen molar-refractivity contribution in [2.75, 3.05) is 6.61 Å². The van der Waals surface area contributed by atoms with Gasteiger partial charge in [-0.15, -0.1) is 0 Å². The molecule has 3 aromatic carbocycles. The Labute approximate surface area is 305 Å². The van der Waals surface area contributed by atoms with Crippen molar-refractivity contribution < 1.29 is 32.6 Å². The van der Waals surface area contributed by atoms with Gasteiger partial charge in [-0.3, -0.25) is 0 Å². The molecule has 5 saturated carbocycles. The lowest BCUT2D eigenvalue weighted by atomic mass is 9.50. The highest BCUT2D eigenvalue weighted by atomic mass is 32.2. The van der Waals surface area contributed by atoms with E-state index in [0.29, 0.717) is 12.7 Å². The summed E-state index contributed by atoms with van der Waals surface area (Å²) >= 11 is 0. The summed E-state index contributed by atoms with van der Waals surface area (Å²) in [5, 5.41) is 0. The molecule has 0 aliphatic heterocycles. The van der Waals surface area contributed by atoms with Gasteiger partial charge in [-0.25, -0.2) is 9.59 Å². The Hall–Kier alpha value is -3.39. The molecule has 3 aromatic rings. The Morgan fingerprint density at radius 2 is 1.20 bits per heavy atom. The van der Waals surface area contributed by atoms with Crippen molar-refractivity contribution in [3.8, 4) is 5.75 Å². The molecule has 8 heteroatoms. The minimum Gasteiger partial charge on any atom is -0.476 e. The van der Waals surface area contributed by atoms with Crippen molar-refractivity contribution in [1.82, 2.24) is 0 Å². The van der Waals surface area contributed by atoms with E-state index in [0.717, 1.165) is 69.1 Å². The number of rotatable bonds is 11. The number of benzene rings is 3. The van der Waals surface area contributed by atoms with Crippen LogP contribution in [0, 0.1) is 23.2 Å². The molecule has 5 aliphatic carbocycles. The summed E-state index contributed by atoms with van der Waals surface area (Å²) in [6.45, 7) is 6.50. The largest absolute Gasteiger partial charge is 0.476 e. The zero-order chi connectivity index (χ0) is 36.3. The van der Waals surface area contributed by atoms with E-state index < -0.39 is 17.5 Å². The summed E-state index contributed by atoms with van der Waals surface area (Å²) in [5.74, 6) is -2.10. The molecule has 8 rings (SSSR count). The molecule has 51 heavy (non-hydrogen) atoms. The van der Waals surface area contributed by atoms with Gasteiger partial charge < -0.3 is 14.2 Å². The first-order valence-electron chi connectivity index (χ1n) is 18.7. The van der Waals surface area contributed by atoms with Crippen molar-refractivity contribution in [2.24, 2.45) is 23.2 Å². The van der Waals surface area contributed by atoms with Crippen LogP contribution in [0.4, 0.5) is 8.78 Å². The fourth-order valence-corrected chi connectivity index (χ4v) is 11.3. The van der Waals surface area contributed by atoms with Crippen molar-refractivity contribution in [3.05, 3.63) is 84.9 Å². The summed E-state index contributed by atoms with van der Waals surface area (Å²) < 4.78 is 42.6. The number of carbonyl (C=O) groups is 2. The van der Waals surface area contributed by atoms with Crippen LogP contribution in [0.5, 0.6) is 5.75 Å². The van der Waals surface area contributed by atoms with Gasteiger partial charge in [0.05, 0.1) is 17.5 Å². The van der Waals surface area contributed by atoms with Crippen LogP contribution in [0.25, 0.3) is 0 Å². The molecule has 5 fully saturated rings. The first-order valence-corrected chi connectivity index (χ1v) is 19.9. The normalized spacial score (nSPS) is 24.8. The van der Waals surface area contributed by atoms with Gasteiger partial charge in [0.2, 0.25) is 0 Å². The molecule has 0 N–H and O–H groups in total. The highest BCUT2D eigenvalue weighted by Crippen LogP contribution is 2.60. The third-order valence-electron chi connectivity index (χ3n) is 11.4. The maximum atomic E-state index is 13.0. The highest BCUT2D eigenvalue weighted by Gasteiger charge is 2.52. The van der Waals surface area contributed by atoms with Gasteiger partial charge in [-0.2, -0.15) is 8.78 Å². The highest BCUT2D eigenvalue weighted by molar-refractivity contribution is 7.97. The van der Waals surface area contributed by atoms with Crippen molar-refractivity contribution in [1.29, 1.82) is 0 Å². The van der Waals surface area contributed by atoms with Gasteiger partial charge in [0.25, 0.3) is 0 Å². The predicted octanol–water partition coefficient (Wildman–Crippen LogP) is 10.6. The maximum absolute atomic E-state index is 13.0. The van der Waals surface area contributed by atoms with E-state index >= 15 is 0 Å². The molecule has 0 radical (unpaired) electrons. The summed E-state index contributed by atoms with van der Waals surface area (Å²) in [5.41, 5.74) is -1.34. The Morgan fingerprint density at radius 3 is 1.65 bits per heavy atom. The Morgan fingerprint density at radius 1 is 0.725 bits per heavy atom. The molecule has 274 valence electrons. The van der Waals surface area contributed by atoms with E-state index in [1.165, 1.54) is 33.9 Å². The lowest BCUT2D eigenvalue weighted by molar-refractivity contribution is -0.179. The number of hydrogen-bond acceptors (Lipinski definition) is 5. The molecule has 5 nitrogen and oxygen atoms in total. The smallest absolute Gasteiger partial charge is 0.376 e. The van der Waals surface area contributed by atoms with Gasteiger partial charge in [0, 0.05) is 12.3 Å². The fraction of sp³-hybridized carbons (Fsp3) is 0.535. The predicted molar refractivity (Wildman–Crippen MR) is 196 cm³/mol. The third-order valence-corrected chi connectivity index (χ3v) is 13.6. The number of ether oxygens (including phenoxy) is 3. The summed E-state index contributed by atoms with van der Waals surface area (Å²) in [4.78, 5) is 27.9. The minimum absolute atomic E-state index is 0.0235. The first-order chi connectivity index (χ1) is 24.3. The number of hydrogen-bond donors (Lipinski definition) is 0. The van der Waals surface area contributed by atoms with Gasteiger partial charge in [0.1, 0.15) is 11.4 Å². The molecule has 0 aromatic heterocycles. The zero-order valence-electron chi connectivity index (χ0n) is 30.5. The second-order valence-corrected chi connectivity index (χ2v) is 18.1. The van der Waals surface area contributed by atoms with E-state index in [2.05, 4.69) is 67.6 Å². The van der Waals surface area contributed by atoms with Crippen LogP contribution in [0.15, 0.2) is 99.6 Å². The Bertz CT molecular complexity index is 1540. The topological polar surface area (TPSA) is 61.8 Å². The Kier molecular flexibility index (Phi) is 11.2. The second-order valence-electron chi connectivity index (χ2n) is 16.0. The Balaban J connectivity index is 0.000000208. The average Bonchev–Trinajstić information content (AvgIpc) is 3.57. The van der Waals surface area contributed by atoms with Crippen LogP contribution in [0.1, 0.15) is 98.3 Å². The molecule has 0 amide bonds. The molecule has 5 aliphatic rings. The van der Waals surface area contributed by atoms with E-state index in [-0.39, 0.29) is 34.5 Å². The number of alkyl halides is 2. The molecule has 0 spiro atoms. The summed E-state index contributed by atoms with van der Waals surface area (Å²) in [6.07, 6.45) is 12.1.